The van der Waals surface area contributed by atoms with E-state index in [0.29, 0.717) is 6.42 Å². The molecule has 0 unspecified atom stereocenters. The fraction of sp³-hybridized carbons (Fsp3) is 0.571. The lowest BCUT2D eigenvalue weighted by atomic mass is 10.4. The first kappa shape index (κ1) is 7.49. The number of amides is 1. The molecule has 2 nitrogen and oxygen atoms in total. The zero-order valence-electron chi connectivity index (χ0n) is 5.89. The highest BCUT2D eigenvalue weighted by molar-refractivity contribution is 7.99. The highest BCUT2D eigenvalue weighted by Crippen LogP contribution is 2.13. The fourth-order valence-corrected chi connectivity index (χ4v) is 1.59. The van der Waals surface area contributed by atoms with Crippen molar-refractivity contribution < 1.29 is 4.79 Å². The molecular weight excluding hydrogens is 146 g/mol. The second-order valence-corrected chi connectivity index (χ2v) is 3.05. The Kier molecular flexibility index (Phi) is 2.64. The minimum atomic E-state index is 0.160. The summed E-state index contributed by atoms with van der Waals surface area (Å²) in [5.74, 6) is 4.55. The minimum Gasteiger partial charge on any atom is -0.274 e. The van der Waals surface area contributed by atoms with Crippen molar-refractivity contribution in [1.29, 1.82) is 0 Å². The molecule has 1 rings (SSSR count). The highest BCUT2D eigenvalue weighted by atomic mass is 32.2. The number of carbonyl (C=O) groups is 1. The van der Waals surface area contributed by atoms with Gasteiger partial charge in [-0.15, -0.1) is 11.8 Å². The third kappa shape index (κ3) is 1.68. The van der Waals surface area contributed by atoms with Crippen LogP contribution in [-0.2, 0) is 4.79 Å². The van der Waals surface area contributed by atoms with E-state index in [0.717, 1.165) is 11.6 Å². The van der Waals surface area contributed by atoms with Gasteiger partial charge in [0.15, 0.2) is 0 Å². The first-order valence-electron chi connectivity index (χ1n) is 3.15. The van der Waals surface area contributed by atoms with Crippen LogP contribution in [-0.4, -0.2) is 22.4 Å². The molecule has 1 fully saturated rings. The van der Waals surface area contributed by atoms with Gasteiger partial charge >= 0.3 is 0 Å². The van der Waals surface area contributed by atoms with Crippen molar-refractivity contribution in [3.8, 4) is 12.0 Å². The number of carbonyl (C=O) groups excluding carboxylic acids is 1. The van der Waals surface area contributed by atoms with Crippen LogP contribution >= 0.6 is 11.8 Å². The summed E-state index contributed by atoms with van der Waals surface area (Å²) in [6, 6.07) is 2.75. The monoisotopic (exact) mass is 155 g/mol. The summed E-state index contributed by atoms with van der Waals surface area (Å²) in [4.78, 5) is 12.6. The van der Waals surface area contributed by atoms with Crippen molar-refractivity contribution in [2.75, 3.05) is 11.6 Å². The molecule has 1 heterocycles. The van der Waals surface area contributed by atoms with Crippen molar-refractivity contribution in [3.05, 3.63) is 0 Å². The van der Waals surface area contributed by atoms with Crippen molar-refractivity contribution in [1.82, 2.24) is 4.90 Å². The van der Waals surface area contributed by atoms with E-state index in [1.807, 2.05) is 0 Å². The molecule has 0 atom stereocenters. The molecule has 0 bridgehead atoms. The predicted molar refractivity (Wildman–Crippen MR) is 42.2 cm³/mol. The Morgan fingerprint density at radius 3 is 3.10 bits per heavy atom. The molecule has 0 aromatic heterocycles. The molecule has 54 valence electrons. The van der Waals surface area contributed by atoms with Crippen LogP contribution in [0.4, 0.5) is 0 Å². The summed E-state index contributed by atoms with van der Waals surface area (Å²) in [7, 11) is 0. The van der Waals surface area contributed by atoms with Crippen LogP contribution < -0.4 is 0 Å². The topological polar surface area (TPSA) is 20.3 Å². The average Bonchev–Trinajstić information content (AvgIpc) is 1.94. The third-order valence-corrected chi connectivity index (χ3v) is 2.16. The first-order valence-corrected chi connectivity index (χ1v) is 4.30. The summed E-state index contributed by atoms with van der Waals surface area (Å²) in [5, 5.41) is 0. The van der Waals surface area contributed by atoms with Gasteiger partial charge in [-0.2, -0.15) is 0 Å². The lowest BCUT2D eigenvalue weighted by Crippen LogP contribution is -2.30. The van der Waals surface area contributed by atoms with E-state index in [2.05, 4.69) is 12.0 Å². The summed E-state index contributed by atoms with van der Waals surface area (Å²) >= 11 is 1.75. The lowest BCUT2D eigenvalue weighted by Gasteiger charge is -2.19. The fourth-order valence-electron chi connectivity index (χ4n) is 0.752. The largest absolute Gasteiger partial charge is 0.274 e. The summed E-state index contributed by atoms with van der Waals surface area (Å²) < 4.78 is 0. The minimum absolute atomic E-state index is 0.160. The Balaban J connectivity index is 2.53. The maximum Gasteiger partial charge on any atom is 0.235 e. The number of hydrogen-bond acceptors (Lipinski definition) is 2. The third-order valence-electron chi connectivity index (χ3n) is 1.23. The van der Waals surface area contributed by atoms with E-state index < -0.39 is 0 Å². The van der Waals surface area contributed by atoms with Crippen LogP contribution in [0.5, 0.6) is 0 Å². The Bertz CT molecular complexity index is 192. The second-order valence-electron chi connectivity index (χ2n) is 1.97. The van der Waals surface area contributed by atoms with Gasteiger partial charge in [0.1, 0.15) is 0 Å². The van der Waals surface area contributed by atoms with Gasteiger partial charge in [-0.1, -0.05) is 5.92 Å². The van der Waals surface area contributed by atoms with E-state index >= 15 is 0 Å². The number of nitrogens with zero attached hydrogens (tertiary/aromatic N) is 1. The van der Waals surface area contributed by atoms with E-state index in [1.54, 1.807) is 23.6 Å². The van der Waals surface area contributed by atoms with E-state index in [-0.39, 0.29) is 5.91 Å². The average molecular weight is 155 g/mol. The molecule has 0 spiro atoms. The van der Waals surface area contributed by atoms with Crippen LogP contribution in [0, 0.1) is 12.0 Å². The zero-order valence-corrected chi connectivity index (χ0v) is 6.70. The Morgan fingerprint density at radius 1 is 1.70 bits per heavy atom. The number of hydrogen-bond donors (Lipinski definition) is 0. The maximum absolute atomic E-state index is 11.0. The van der Waals surface area contributed by atoms with Gasteiger partial charge in [0.2, 0.25) is 5.91 Å². The molecule has 0 radical (unpaired) electrons. The number of rotatable bonds is 0. The Hall–Kier alpha value is -0.620. The Morgan fingerprint density at radius 2 is 2.50 bits per heavy atom. The highest BCUT2D eigenvalue weighted by Gasteiger charge is 2.15. The SMILES string of the molecule is CC#CN1CSCCC1=O. The van der Waals surface area contributed by atoms with Crippen LogP contribution in [0.25, 0.3) is 0 Å². The van der Waals surface area contributed by atoms with Crippen LogP contribution in [0.1, 0.15) is 13.3 Å². The molecule has 1 amide bonds. The molecule has 10 heavy (non-hydrogen) atoms. The second kappa shape index (κ2) is 3.52. The molecule has 0 saturated carbocycles. The molecular formula is C7H9NOS. The molecule has 0 aromatic rings. The zero-order chi connectivity index (χ0) is 7.40. The van der Waals surface area contributed by atoms with Crippen molar-refractivity contribution in [2.45, 2.75) is 13.3 Å². The van der Waals surface area contributed by atoms with Crippen LogP contribution in [0.3, 0.4) is 0 Å². The van der Waals surface area contributed by atoms with E-state index in [4.69, 9.17) is 0 Å². The maximum atomic E-state index is 11.0. The van der Waals surface area contributed by atoms with E-state index in [9.17, 15) is 4.79 Å². The van der Waals surface area contributed by atoms with Crippen molar-refractivity contribution >= 4 is 17.7 Å². The summed E-state index contributed by atoms with van der Waals surface area (Å²) in [6.45, 7) is 1.74. The molecule has 0 aliphatic carbocycles. The van der Waals surface area contributed by atoms with Crippen LogP contribution in [0.15, 0.2) is 0 Å². The standard InChI is InChI=1S/C7H9NOS/c1-2-4-8-6-10-5-3-7(8)9/h3,5-6H2,1H3. The van der Waals surface area contributed by atoms with Crippen molar-refractivity contribution in [2.24, 2.45) is 0 Å². The van der Waals surface area contributed by atoms with Gasteiger partial charge in [0.05, 0.1) is 5.88 Å². The van der Waals surface area contributed by atoms with Gasteiger partial charge in [-0.05, 0) is 6.92 Å². The Labute approximate surface area is 65.0 Å². The van der Waals surface area contributed by atoms with Crippen LogP contribution in [0.2, 0.25) is 0 Å². The van der Waals surface area contributed by atoms with Gasteiger partial charge in [-0.3, -0.25) is 9.69 Å². The predicted octanol–water partition coefficient (Wildman–Crippen LogP) is 0.890. The summed E-state index contributed by atoms with van der Waals surface area (Å²) in [6.07, 6.45) is 0.638. The van der Waals surface area contributed by atoms with Crippen molar-refractivity contribution in [3.63, 3.8) is 0 Å². The molecule has 3 heteroatoms. The molecule has 1 aliphatic rings. The molecule has 1 aliphatic heterocycles. The van der Waals surface area contributed by atoms with Gasteiger partial charge < -0.3 is 0 Å². The lowest BCUT2D eigenvalue weighted by molar-refractivity contribution is -0.127. The normalized spacial score (nSPS) is 18.1. The smallest absolute Gasteiger partial charge is 0.235 e. The van der Waals surface area contributed by atoms with Gasteiger partial charge in [0, 0.05) is 18.2 Å². The number of thioether (sulfide) groups is 1. The van der Waals surface area contributed by atoms with Gasteiger partial charge in [0.25, 0.3) is 0 Å². The molecule has 0 N–H and O–H groups in total. The molecule has 0 aromatic carbocycles. The van der Waals surface area contributed by atoms with Gasteiger partial charge in [-0.25, -0.2) is 0 Å². The molecule has 1 saturated heterocycles. The quantitative estimate of drug-likeness (QED) is 0.484. The van der Waals surface area contributed by atoms with E-state index in [1.165, 1.54) is 0 Å². The summed E-state index contributed by atoms with van der Waals surface area (Å²) in [5.41, 5.74) is 0. The first-order chi connectivity index (χ1) is 4.84.